The highest BCUT2D eigenvalue weighted by Crippen LogP contribution is 2.36. The van der Waals surface area contributed by atoms with E-state index < -0.39 is 6.04 Å². The fourth-order valence-corrected chi connectivity index (χ4v) is 3.34. The summed E-state index contributed by atoms with van der Waals surface area (Å²) >= 11 is 6.13. The van der Waals surface area contributed by atoms with E-state index in [0.29, 0.717) is 27.8 Å². The van der Waals surface area contributed by atoms with Crippen LogP contribution in [0.15, 0.2) is 72.8 Å². The molecule has 1 atom stereocenters. The van der Waals surface area contributed by atoms with Crippen molar-refractivity contribution in [3.05, 3.63) is 88.9 Å². The van der Waals surface area contributed by atoms with E-state index in [1.807, 2.05) is 36.4 Å². The second-order valence-corrected chi connectivity index (χ2v) is 7.15. The average molecular weight is 439 g/mol. The summed E-state index contributed by atoms with van der Waals surface area (Å²) in [6.07, 6.45) is 0.0245. The fraction of sp³-hybridized carbons (Fsp3) is 0.167. The lowest BCUT2D eigenvalue weighted by atomic mass is 10.0. The first-order chi connectivity index (χ1) is 15.0. The van der Waals surface area contributed by atoms with Gasteiger partial charge in [-0.05, 0) is 17.7 Å². The third kappa shape index (κ3) is 5.77. The molecule has 160 valence electrons. The Bertz CT molecular complexity index is 1040. The molecule has 2 N–H and O–H groups in total. The summed E-state index contributed by atoms with van der Waals surface area (Å²) in [5.41, 5.74) is 1.77. The van der Waals surface area contributed by atoms with Crippen LogP contribution in [0.25, 0.3) is 0 Å². The summed E-state index contributed by atoms with van der Waals surface area (Å²) in [6, 6.07) is 20.9. The van der Waals surface area contributed by atoms with Gasteiger partial charge >= 0.3 is 0 Å². The Hall–Kier alpha value is -3.51. The van der Waals surface area contributed by atoms with Crippen LogP contribution in [0, 0.1) is 0 Å². The Morgan fingerprint density at radius 1 is 0.903 bits per heavy atom. The summed E-state index contributed by atoms with van der Waals surface area (Å²) in [5.74, 6) is 0.261. The first-order valence-corrected chi connectivity index (χ1v) is 10.0. The zero-order valence-electron chi connectivity index (χ0n) is 17.2. The van der Waals surface area contributed by atoms with E-state index in [-0.39, 0.29) is 18.2 Å². The lowest BCUT2D eigenvalue weighted by Crippen LogP contribution is -2.31. The number of carbonyl (C=O) groups is 2. The molecular weight excluding hydrogens is 416 g/mol. The number of hydrogen-bond acceptors (Lipinski definition) is 4. The van der Waals surface area contributed by atoms with E-state index in [0.717, 1.165) is 5.56 Å². The molecule has 0 bridgehead atoms. The van der Waals surface area contributed by atoms with Crippen molar-refractivity contribution in [2.24, 2.45) is 0 Å². The molecule has 1 unspecified atom stereocenters. The lowest BCUT2D eigenvalue weighted by Gasteiger charge is -2.20. The largest absolute Gasteiger partial charge is 0.495 e. The summed E-state index contributed by atoms with van der Waals surface area (Å²) in [4.78, 5) is 25.6. The van der Waals surface area contributed by atoms with Crippen molar-refractivity contribution in [3.63, 3.8) is 0 Å². The molecule has 0 aliphatic heterocycles. The van der Waals surface area contributed by atoms with Gasteiger partial charge in [0.1, 0.15) is 11.5 Å². The van der Waals surface area contributed by atoms with Gasteiger partial charge in [0, 0.05) is 17.7 Å². The van der Waals surface area contributed by atoms with Gasteiger partial charge in [-0.3, -0.25) is 9.59 Å². The standard InChI is InChI=1S/C24H23ClN2O4/c1-30-21-14-20(22(31-2)13-18(21)25)26-23(28)15-19(16-9-5-3-6-10-16)27-24(29)17-11-7-4-8-12-17/h3-14,19H,15H2,1-2H3,(H,26,28)(H,27,29). The maximum absolute atomic E-state index is 12.9. The molecule has 0 radical (unpaired) electrons. The van der Waals surface area contributed by atoms with E-state index >= 15 is 0 Å². The highest BCUT2D eigenvalue weighted by Gasteiger charge is 2.20. The number of halogens is 1. The summed E-state index contributed by atoms with van der Waals surface area (Å²) in [7, 11) is 2.98. The van der Waals surface area contributed by atoms with E-state index in [1.165, 1.54) is 14.2 Å². The number of anilines is 1. The number of hydrogen-bond donors (Lipinski definition) is 2. The molecule has 0 aromatic heterocycles. The molecule has 6 nitrogen and oxygen atoms in total. The molecule has 0 spiro atoms. The summed E-state index contributed by atoms with van der Waals surface area (Å²) in [5, 5.41) is 6.14. The van der Waals surface area contributed by atoms with Crippen molar-refractivity contribution in [1.29, 1.82) is 0 Å². The van der Waals surface area contributed by atoms with Crippen LogP contribution in [0.4, 0.5) is 5.69 Å². The van der Waals surface area contributed by atoms with Gasteiger partial charge in [0.05, 0.1) is 37.4 Å². The Morgan fingerprint density at radius 2 is 1.52 bits per heavy atom. The maximum Gasteiger partial charge on any atom is 0.251 e. The van der Waals surface area contributed by atoms with Crippen LogP contribution >= 0.6 is 11.6 Å². The van der Waals surface area contributed by atoms with Crippen molar-refractivity contribution in [1.82, 2.24) is 5.32 Å². The third-order valence-electron chi connectivity index (χ3n) is 4.68. The lowest BCUT2D eigenvalue weighted by molar-refractivity contribution is -0.116. The normalized spacial score (nSPS) is 11.3. The van der Waals surface area contributed by atoms with E-state index in [4.69, 9.17) is 21.1 Å². The van der Waals surface area contributed by atoms with Gasteiger partial charge in [0.25, 0.3) is 5.91 Å². The third-order valence-corrected chi connectivity index (χ3v) is 4.98. The number of ether oxygens (including phenoxy) is 2. The molecule has 3 aromatic carbocycles. The van der Waals surface area contributed by atoms with Gasteiger partial charge in [-0.2, -0.15) is 0 Å². The Morgan fingerprint density at radius 3 is 2.13 bits per heavy atom. The molecule has 7 heteroatoms. The van der Waals surface area contributed by atoms with Crippen molar-refractivity contribution in [3.8, 4) is 11.5 Å². The minimum atomic E-state index is -0.519. The predicted octanol–water partition coefficient (Wildman–Crippen LogP) is 4.86. The van der Waals surface area contributed by atoms with Gasteiger partial charge in [-0.25, -0.2) is 0 Å². The monoisotopic (exact) mass is 438 g/mol. The Balaban J connectivity index is 1.80. The number of methoxy groups -OCH3 is 2. The molecule has 0 heterocycles. The summed E-state index contributed by atoms with van der Waals surface area (Å²) in [6.45, 7) is 0. The number of amides is 2. The van der Waals surface area contributed by atoms with Crippen molar-refractivity contribution >= 4 is 29.1 Å². The molecule has 0 fully saturated rings. The minimum Gasteiger partial charge on any atom is -0.495 e. The molecule has 3 aromatic rings. The van der Waals surface area contributed by atoms with Crippen LogP contribution in [0.3, 0.4) is 0 Å². The minimum absolute atomic E-state index is 0.0245. The van der Waals surface area contributed by atoms with E-state index in [9.17, 15) is 9.59 Å². The van der Waals surface area contributed by atoms with Crippen LogP contribution in [0.1, 0.15) is 28.4 Å². The predicted molar refractivity (Wildman–Crippen MR) is 121 cm³/mol. The average Bonchev–Trinajstić information content (AvgIpc) is 2.80. The van der Waals surface area contributed by atoms with E-state index in [2.05, 4.69) is 10.6 Å². The second-order valence-electron chi connectivity index (χ2n) is 6.74. The Labute approximate surface area is 186 Å². The highest BCUT2D eigenvalue weighted by atomic mass is 35.5. The first-order valence-electron chi connectivity index (χ1n) is 9.64. The smallest absolute Gasteiger partial charge is 0.251 e. The highest BCUT2D eigenvalue weighted by molar-refractivity contribution is 6.32. The van der Waals surface area contributed by atoms with Gasteiger partial charge < -0.3 is 20.1 Å². The van der Waals surface area contributed by atoms with Crippen LogP contribution in [-0.2, 0) is 4.79 Å². The van der Waals surface area contributed by atoms with Crippen molar-refractivity contribution in [2.75, 3.05) is 19.5 Å². The quantitative estimate of drug-likeness (QED) is 0.526. The Kier molecular flexibility index (Phi) is 7.51. The molecule has 3 rings (SSSR count). The summed E-state index contributed by atoms with van der Waals surface area (Å²) < 4.78 is 10.5. The zero-order valence-corrected chi connectivity index (χ0v) is 18.0. The molecule has 0 aliphatic rings. The number of carbonyl (C=O) groups excluding carboxylic acids is 2. The fourth-order valence-electron chi connectivity index (χ4n) is 3.11. The van der Waals surface area contributed by atoms with Crippen LogP contribution in [0.5, 0.6) is 11.5 Å². The maximum atomic E-state index is 12.9. The zero-order chi connectivity index (χ0) is 22.2. The second kappa shape index (κ2) is 10.5. The van der Waals surface area contributed by atoms with Gasteiger partial charge in [0.2, 0.25) is 5.91 Å². The van der Waals surface area contributed by atoms with Crippen molar-refractivity contribution in [2.45, 2.75) is 12.5 Å². The van der Waals surface area contributed by atoms with Crippen LogP contribution < -0.4 is 20.1 Å². The van der Waals surface area contributed by atoms with Gasteiger partial charge in [-0.15, -0.1) is 0 Å². The SMILES string of the molecule is COc1cc(NC(=O)CC(NC(=O)c2ccccc2)c2ccccc2)c(OC)cc1Cl. The van der Waals surface area contributed by atoms with Gasteiger partial charge in [-0.1, -0.05) is 60.1 Å². The van der Waals surface area contributed by atoms with Crippen LogP contribution in [0.2, 0.25) is 5.02 Å². The number of benzene rings is 3. The van der Waals surface area contributed by atoms with Crippen LogP contribution in [-0.4, -0.2) is 26.0 Å². The molecule has 0 aliphatic carbocycles. The molecule has 2 amide bonds. The molecule has 31 heavy (non-hydrogen) atoms. The number of nitrogens with one attached hydrogen (secondary N) is 2. The molecule has 0 saturated heterocycles. The molecule has 0 saturated carbocycles. The van der Waals surface area contributed by atoms with Crippen molar-refractivity contribution < 1.29 is 19.1 Å². The molecular formula is C24H23ClN2O4. The first kappa shape index (κ1) is 22.2. The van der Waals surface area contributed by atoms with E-state index in [1.54, 1.807) is 36.4 Å². The number of rotatable bonds is 8. The van der Waals surface area contributed by atoms with Gasteiger partial charge in [0.15, 0.2) is 0 Å². The topological polar surface area (TPSA) is 76.7 Å².